The molecule has 2 unspecified atom stereocenters. The third kappa shape index (κ3) is 10.00. The Balaban J connectivity index is 1.66. The fourth-order valence-corrected chi connectivity index (χ4v) is 2.95. The summed E-state index contributed by atoms with van der Waals surface area (Å²) >= 11 is 0. The van der Waals surface area contributed by atoms with Gasteiger partial charge in [0.1, 0.15) is 30.4 Å². The second-order valence-corrected chi connectivity index (χ2v) is 8.09. The third-order valence-electron chi connectivity index (χ3n) is 4.94. The molecule has 0 bridgehead atoms. The second-order valence-electron chi connectivity index (χ2n) is 8.09. The van der Waals surface area contributed by atoms with Crippen LogP contribution in [0.15, 0.2) is 29.3 Å². The second kappa shape index (κ2) is 14.8. The summed E-state index contributed by atoms with van der Waals surface area (Å²) in [5, 5.41) is 30.2. The summed E-state index contributed by atoms with van der Waals surface area (Å²) in [5.74, 6) is 0.0506. The van der Waals surface area contributed by atoms with Crippen molar-refractivity contribution in [2.45, 2.75) is 38.4 Å². The number of nitrogens with one attached hydrogen (secondary N) is 1. The highest BCUT2D eigenvalue weighted by Crippen LogP contribution is 2.15. The van der Waals surface area contributed by atoms with Crippen LogP contribution in [0.4, 0.5) is 11.6 Å². The van der Waals surface area contributed by atoms with Gasteiger partial charge in [-0.2, -0.15) is 0 Å². The zero-order chi connectivity index (χ0) is 26.5. The van der Waals surface area contributed by atoms with Crippen molar-refractivity contribution in [2.75, 3.05) is 44.4 Å². The van der Waals surface area contributed by atoms with Crippen molar-refractivity contribution in [3.05, 3.63) is 41.2 Å². The van der Waals surface area contributed by atoms with Gasteiger partial charge in [0.25, 0.3) is 5.91 Å². The van der Waals surface area contributed by atoms with Crippen molar-refractivity contribution < 1.29 is 29.6 Å². The Morgan fingerprint density at radius 3 is 2.44 bits per heavy atom. The summed E-state index contributed by atoms with van der Waals surface area (Å²) < 4.78 is 10.6. The molecule has 0 saturated heterocycles. The number of ether oxygens (including phenoxy) is 2. The van der Waals surface area contributed by atoms with Crippen molar-refractivity contribution in [1.29, 1.82) is 0 Å². The smallest absolute Gasteiger partial charge is 0.280 e. The van der Waals surface area contributed by atoms with E-state index in [1.165, 1.54) is 0 Å². The van der Waals surface area contributed by atoms with E-state index in [4.69, 9.17) is 31.8 Å². The number of carbonyl (C=O) groups is 1. The van der Waals surface area contributed by atoms with Crippen LogP contribution >= 0.6 is 0 Å². The van der Waals surface area contributed by atoms with E-state index in [2.05, 4.69) is 20.3 Å². The normalized spacial score (nSPS) is 13.3. The minimum absolute atomic E-state index is 0.00494. The summed E-state index contributed by atoms with van der Waals surface area (Å²) in [6.45, 7) is 1.65. The average Bonchev–Trinajstić information content (AvgIpc) is 2.85. The highest BCUT2D eigenvalue weighted by Gasteiger charge is 2.15. The summed E-state index contributed by atoms with van der Waals surface area (Å²) in [6.07, 6.45) is 0.623. The van der Waals surface area contributed by atoms with Crippen LogP contribution < -0.4 is 27.3 Å². The number of amides is 1. The number of aliphatic hydroxyl groups excluding tert-OH is 3. The number of carbonyl (C=O) groups excluding carboxylic acids is 1. The molecule has 2 rings (SSSR count). The monoisotopic (exact) mass is 505 g/mol. The maximum Gasteiger partial charge on any atom is 0.280 e. The van der Waals surface area contributed by atoms with Crippen LogP contribution in [0.5, 0.6) is 5.75 Å². The SMILES string of the molecule is Cc1nc(C(=O)NC(N)=NCCCCc2ccc(OCC(O)COCC(O)CO)cc2)c(N)nc1N. The number of aliphatic imine (C=N–C) groups is 1. The van der Waals surface area contributed by atoms with E-state index in [0.29, 0.717) is 18.0 Å². The van der Waals surface area contributed by atoms with Gasteiger partial charge in [0.15, 0.2) is 17.5 Å². The van der Waals surface area contributed by atoms with Crippen molar-refractivity contribution in [3.63, 3.8) is 0 Å². The standard InChI is InChI=1S/C23H35N7O6/c1-14-20(24)29-21(25)19(28-14)22(34)30-23(26)27-9-3-2-4-15-5-7-18(8-6-15)36-13-17(33)12-35-11-16(32)10-31/h5-8,16-17,31-33H,2-4,9-13H2,1H3,(H4,24,25,29)(H3,26,27,30,34). The maximum absolute atomic E-state index is 12.3. The largest absolute Gasteiger partial charge is 0.491 e. The first-order chi connectivity index (χ1) is 17.2. The number of nitrogens with zero attached hydrogens (tertiary/aromatic N) is 3. The quantitative estimate of drug-likeness (QED) is 0.0948. The maximum atomic E-state index is 12.3. The van der Waals surface area contributed by atoms with Gasteiger partial charge < -0.3 is 42.0 Å². The number of aliphatic hydroxyl groups is 3. The predicted octanol–water partition coefficient (Wildman–Crippen LogP) is -0.874. The number of aryl methyl sites for hydroxylation is 2. The Labute approximate surface area is 209 Å². The molecule has 0 aliphatic rings. The molecule has 0 fully saturated rings. The summed E-state index contributed by atoms with van der Waals surface area (Å²) in [7, 11) is 0. The Bertz CT molecular complexity index is 1000. The van der Waals surface area contributed by atoms with E-state index in [9.17, 15) is 15.0 Å². The van der Waals surface area contributed by atoms with E-state index in [1.54, 1.807) is 6.92 Å². The molecule has 36 heavy (non-hydrogen) atoms. The van der Waals surface area contributed by atoms with Gasteiger partial charge in [-0.05, 0) is 43.9 Å². The number of rotatable bonds is 14. The third-order valence-corrected chi connectivity index (χ3v) is 4.94. The first kappa shape index (κ1) is 28.7. The highest BCUT2D eigenvalue weighted by molar-refractivity contribution is 6.06. The van der Waals surface area contributed by atoms with Crippen LogP contribution in [-0.4, -0.2) is 82.3 Å². The van der Waals surface area contributed by atoms with Crippen LogP contribution in [0, 0.1) is 6.92 Å². The molecule has 0 aliphatic carbocycles. The Kier molecular flexibility index (Phi) is 11.8. The first-order valence-electron chi connectivity index (χ1n) is 11.5. The number of nitrogens with two attached hydrogens (primary N) is 3. The minimum Gasteiger partial charge on any atom is -0.491 e. The fraction of sp³-hybridized carbons (Fsp3) is 0.478. The minimum atomic E-state index is -0.962. The van der Waals surface area contributed by atoms with Gasteiger partial charge in [-0.1, -0.05) is 12.1 Å². The number of guanidine groups is 1. The number of aromatic nitrogens is 2. The van der Waals surface area contributed by atoms with Crippen molar-refractivity contribution in [2.24, 2.45) is 10.7 Å². The van der Waals surface area contributed by atoms with Gasteiger partial charge in [-0.25, -0.2) is 9.97 Å². The molecule has 198 valence electrons. The highest BCUT2D eigenvalue weighted by atomic mass is 16.5. The van der Waals surface area contributed by atoms with Crippen molar-refractivity contribution in [3.8, 4) is 5.75 Å². The summed E-state index contributed by atoms with van der Waals surface area (Å²) in [5.41, 5.74) is 18.5. The molecular formula is C23H35N7O6. The van der Waals surface area contributed by atoms with Gasteiger partial charge in [-0.15, -0.1) is 0 Å². The van der Waals surface area contributed by atoms with Gasteiger partial charge in [0.05, 0.1) is 25.5 Å². The Hall–Kier alpha value is -3.52. The van der Waals surface area contributed by atoms with Gasteiger partial charge in [0, 0.05) is 6.54 Å². The van der Waals surface area contributed by atoms with E-state index in [0.717, 1.165) is 24.8 Å². The zero-order valence-corrected chi connectivity index (χ0v) is 20.3. The predicted molar refractivity (Wildman–Crippen MR) is 134 cm³/mol. The number of hydrogen-bond acceptors (Lipinski definition) is 11. The van der Waals surface area contributed by atoms with Crippen LogP contribution in [0.3, 0.4) is 0 Å². The van der Waals surface area contributed by atoms with E-state index >= 15 is 0 Å². The van der Waals surface area contributed by atoms with Crippen LogP contribution in [-0.2, 0) is 11.2 Å². The molecule has 13 heteroatoms. The molecule has 1 amide bonds. The molecule has 10 N–H and O–H groups in total. The lowest BCUT2D eigenvalue weighted by molar-refractivity contribution is -0.0337. The van der Waals surface area contributed by atoms with Crippen molar-refractivity contribution in [1.82, 2.24) is 15.3 Å². The first-order valence-corrected chi connectivity index (χ1v) is 11.5. The molecule has 0 spiro atoms. The van der Waals surface area contributed by atoms with Crippen LogP contribution in [0.2, 0.25) is 0 Å². The molecule has 2 aromatic rings. The average molecular weight is 506 g/mol. The van der Waals surface area contributed by atoms with E-state index in [-0.39, 0.29) is 43.1 Å². The molecule has 0 radical (unpaired) electrons. The topological polar surface area (TPSA) is 224 Å². The van der Waals surface area contributed by atoms with Gasteiger partial charge in [-0.3, -0.25) is 15.1 Å². The van der Waals surface area contributed by atoms with Crippen LogP contribution in [0.25, 0.3) is 0 Å². The molecule has 0 aliphatic heterocycles. The van der Waals surface area contributed by atoms with E-state index < -0.39 is 24.7 Å². The van der Waals surface area contributed by atoms with E-state index in [1.807, 2.05) is 24.3 Å². The molecule has 2 atom stereocenters. The summed E-state index contributed by atoms with van der Waals surface area (Å²) in [4.78, 5) is 24.3. The number of benzene rings is 1. The number of unbranched alkanes of at least 4 members (excludes halogenated alkanes) is 1. The van der Waals surface area contributed by atoms with Crippen LogP contribution in [0.1, 0.15) is 34.6 Å². The van der Waals surface area contributed by atoms with Gasteiger partial charge in [0.2, 0.25) is 0 Å². The van der Waals surface area contributed by atoms with Crippen molar-refractivity contribution >= 4 is 23.5 Å². The summed E-state index contributed by atoms with van der Waals surface area (Å²) in [6, 6.07) is 7.51. The fourth-order valence-electron chi connectivity index (χ4n) is 2.95. The molecule has 1 aromatic heterocycles. The lowest BCUT2D eigenvalue weighted by Crippen LogP contribution is -2.38. The van der Waals surface area contributed by atoms with Gasteiger partial charge >= 0.3 is 0 Å². The number of anilines is 2. The number of hydrogen-bond donors (Lipinski definition) is 7. The zero-order valence-electron chi connectivity index (χ0n) is 20.3. The molecule has 0 saturated carbocycles. The molecule has 1 aromatic carbocycles. The Morgan fingerprint density at radius 2 is 1.75 bits per heavy atom. The lowest BCUT2D eigenvalue weighted by atomic mass is 10.1. The molecule has 13 nitrogen and oxygen atoms in total. The molecular weight excluding hydrogens is 470 g/mol. The lowest BCUT2D eigenvalue weighted by Gasteiger charge is -2.14. The number of nitrogen functional groups attached to an aromatic ring is 2. The Morgan fingerprint density at radius 1 is 1.06 bits per heavy atom. The molecule has 1 heterocycles.